The number of piperidine rings is 1. The van der Waals surface area contributed by atoms with Gasteiger partial charge in [0.1, 0.15) is 0 Å². The van der Waals surface area contributed by atoms with Crippen LogP contribution in [0.3, 0.4) is 0 Å². The Bertz CT molecular complexity index is 112. The Morgan fingerprint density at radius 3 is 2.82 bits per heavy atom. The molecule has 0 spiro atoms. The van der Waals surface area contributed by atoms with Gasteiger partial charge in [-0.25, -0.2) is 0 Å². The van der Waals surface area contributed by atoms with Crippen LogP contribution in [0.25, 0.3) is 0 Å². The Kier molecular flexibility index (Phi) is 3.34. The first kappa shape index (κ1) is 9.01. The van der Waals surface area contributed by atoms with Crippen molar-refractivity contribution < 1.29 is 0 Å². The minimum atomic E-state index is 0.329. The van der Waals surface area contributed by atoms with Gasteiger partial charge in [-0.15, -0.1) is 0 Å². The molecular formula is C9H20N2. The highest BCUT2D eigenvalue weighted by Gasteiger charge is 2.18. The van der Waals surface area contributed by atoms with Gasteiger partial charge >= 0.3 is 0 Å². The summed E-state index contributed by atoms with van der Waals surface area (Å²) in [6.45, 7) is 6.72. The Morgan fingerprint density at radius 1 is 1.55 bits per heavy atom. The number of likely N-dealkylation sites (tertiary alicyclic amines) is 1. The average Bonchev–Trinajstić information content (AvgIpc) is 1.93. The summed E-state index contributed by atoms with van der Waals surface area (Å²) in [6.07, 6.45) is 4.11. The predicted octanol–water partition coefficient (Wildman–Crippen LogP) is 1.21. The van der Waals surface area contributed by atoms with Crippen LogP contribution in [0.15, 0.2) is 0 Å². The number of rotatable bonds is 2. The quantitative estimate of drug-likeness (QED) is 0.651. The summed E-state index contributed by atoms with van der Waals surface area (Å²) >= 11 is 0. The highest BCUT2D eigenvalue weighted by Crippen LogP contribution is 2.15. The Labute approximate surface area is 69.8 Å². The van der Waals surface area contributed by atoms with Crippen LogP contribution in [-0.2, 0) is 0 Å². The second-order valence-corrected chi connectivity index (χ2v) is 3.82. The van der Waals surface area contributed by atoms with Gasteiger partial charge in [-0.1, -0.05) is 6.42 Å². The maximum Gasteiger partial charge on any atom is 0.0139 e. The first-order chi connectivity index (χ1) is 5.20. The van der Waals surface area contributed by atoms with E-state index in [0.29, 0.717) is 6.04 Å². The first-order valence-electron chi connectivity index (χ1n) is 4.70. The SMILES string of the molecule is CC(N)CN1CCCCC1C. The summed E-state index contributed by atoms with van der Waals surface area (Å²) in [6, 6.07) is 1.09. The monoisotopic (exact) mass is 156 g/mol. The summed E-state index contributed by atoms with van der Waals surface area (Å²) in [4.78, 5) is 2.51. The molecule has 1 saturated heterocycles. The summed E-state index contributed by atoms with van der Waals surface area (Å²) in [7, 11) is 0. The molecule has 2 N–H and O–H groups in total. The lowest BCUT2D eigenvalue weighted by Gasteiger charge is -2.34. The van der Waals surface area contributed by atoms with Crippen LogP contribution >= 0.6 is 0 Å². The number of hydrogen-bond donors (Lipinski definition) is 1. The highest BCUT2D eigenvalue weighted by molar-refractivity contribution is 4.75. The van der Waals surface area contributed by atoms with Gasteiger partial charge in [0.15, 0.2) is 0 Å². The molecule has 1 heterocycles. The van der Waals surface area contributed by atoms with E-state index in [1.165, 1.54) is 25.8 Å². The smallest absolute Gasteiger partial charge is 0.0139 e. The van der Waals surface area contributed by atoms with Crippen LogP contribution in [0.5, 0.6) is 0 Å². The topological polar surface area (TPSA) is 29.3 Å². The maximum absolute atomic E-state index is 5.74. The Hall–Kier alpha value is -0.0800. The Morgan fingerprint density at radius 2 is 2.27 bits per heavy atom. The van der Waals surface area contributed by atoms with Gasteiger partial charge in [0.25, 0.3) is 0 Å². The fourth-order valence-electron chi connectivity index (χ4n) is 1.80. The summed E-state index contributed by atoms with van der Waals surface area (Å²) < 4.78 is 0. The van der Waals surface area contributed by atoms with Gasteiger partial charge in [-0.2, -0.15) is 0 Å². The van der Waals surface area contributed by atoms with Gasteiger partial charge in [0.2, 0.25) is 0 Å². The zero-order valence-electron chi connectivity index (χ0n) is 7.71. The molecule has 1 fully saturated rings. The van der Waals surface area contributed by atoms with Crippen molar-refractivity contribution >= 4 is 0 Å². The molecule has 1 aliphatic heterocycles. The fourth-order valence-corrected chi connectivity index (χ4v) is 1.80. The van der Waals surface area contributed by atoms with Gasteiger partial charge in [0, 0.05) is 18.6 Å². The second kappa shape index (κ2) is 4.07. The first-order valence-corrected chi connectivity index (χ1v) is 4.70. The molecular weight excluding hydrogens is 136 g/mol. The summed E-state index contributed by atoms with van der Waals surface area (Å²) in [5.41, 5.74) is 5.74. The summed E-state index contributed by atoms with van der Waals surface area (Å²) in [5, 5.41) is 0. The maximum atomic E-state index is 5.74. The van der Waals surface area contributed by atoms with E-state index in [9.17, 15) is 0 Å². The summed E-state index contributed by atoms with van der Waals surface area (Å²) in [5.74, 6) is 0. The van der Waals surface area contributed by atoms with E-state index in [1.807, 2.05) is 0 Å². The molecule has 0 radical (unpaired) electrons. The Balaban J connectivity index is 2.29. The van der Waals surface area contributed by atoms with E-state index in [1.54, 1.807) is 0 Å². The van der Waals surface area contributed by atoms with Crippen molar-refractivity contribution in [1.29, 1.82) is 0 Å². The molecule has 11 heavy (non-hydrogen) atoms. The lowest BCUT2D eigenvalue weighted by molar-refractivity contribution is 0.154. The zero-order valence-corrected chi connectivity index (χ0v) is 7.71. The standard InChI is InChI=1S/C9H20N2/c1-8(10)7-11-6-4-3-5-9(11)2/h8-9H,3-7,10H2,1-2H3. The third-order valence-electron chi connectivity index (χ3n) is 2.46. The van der Waals surface area contributed by atoms with Gasteiger partial charge < -0.3 is 5.73 Å². The van der Waals surface area contributed by atoms with E-state index in [2.05, 4.69) is 18.7 Å². The van der Waals surface area contributed by atoms with Crippen LogP contribution in [-0.4, -0.2) is 30.1 Å². The van der Waals surface area contributed by atoms with Crippen molar-refractivity contribution in [2.45, 2.75) is 45.2 Å². The van der Waals surface area contributed by atoms with Crippen LogP contribution in [0, 0.1) is 0 Å². The molecule has 0 amide bonds. The average molecular weight is 156 g/mol. The van der Waals surface area contributed by atoms with Gasteiger partial charge in [-0.05, 0) is 33.2 Å². The van der Waals surface area contributed by atoms with E-state index in [-0.39, 0.29) is 0 Å². The lowest BCUT2D eigenvalue weighted by atomic mass is 10.0. The number of nitrogens with zero attached hydrogens (tertiary/aromatic N) is 1. The molecule has 0 saturated carbocycles. The van der Waals surface area contributed by atoms with Crippen molar-refractivity contribution in [2.24, 2.45) is 5.73 Å². The molecule has 1 aliphatic rings. The van der Waals surface area contributed by atoms with E-state index < -0.39 is 0 Å². The molecule has 2 unspecified atom stereocenters. The van der Waals surface area contributed by atoms with Gasteiger partial charge in [-0.3, -0.25) is 4.90 Å². The second-order valence-electron chi connectivity index (χ2n) is 3.82. The largest absolute Gasteiger partial charge is 0.327 e. The highest BCUT2D eigenvalue weighted by atomic mass is 15.2. The molecule has 0 aromatic carbocycles. The molecule has 0 aromatic rings. The molecule has 2 atom stereocenters. The molecule has 1 rings (SSSR count). The number of hydrogen-bond acceptors (Lipinski definition) is 2. The third kappa shape index (κ3) is 2.80. The minimum absolute atomic E-state index is 0.329. The van der Waals surface area contributed by atoms with Crippen LogP contribution in [0.4, 0.5) is 0 Å². The van der Waals surface area contributed by atoms with Crippen molar-refractivity contribution in [3.8, 4) is 0 Å². The van der Waals surface area contributed by atoms with Crippen molar-refractivity contribution in [1.82, 2.24) is 4.90 Å². The molecule has 0 aromatic heterocycles. The zero-order chi connectivity index (χ0) is 8.27. The molecule has 2 nitrogen and oxygen atoms in total. The van der Waals surface area contributed by atoms with Crippen LogP contribution < -0.4 is 5.73 Å². The predicted molar refractivity (Wildman–Crippen MR) is 48.5 cm³/mol. The lowest BCUT2D eigenvalue weighted by Crippen LogP contribution is -2.43. The number of nitrogens with two attached hydrogens (primary N) is 1. The molecule has 0 aliphatic carbocycles. The van der Waals surface area contributed by atoms with Crippen molar-refractivity contribution in [3.05, 3.63) is 0 Å². The third-order valence-corrected chi connectivity index (χ3v) is 2.46. The molecule has 66 valence electrons. The van der Waals surface area contributed by atoms with Gasteiger partial charge in [0.05, 0.1) is 0 Å². The fraction of sp³-hybridized carbons (Fsp3) is 1.00. The molecule has 2 heteroatoms. The van der Waals surface area contributed by atoms with Crippen LogP contribution in [0.2, 0.25) is 0 Å². The minimum Gasteiger partial charge on any atom is -0.327 e. The van der Waals surface area contributed by atoms with E-state index in [0.717, 1.165) is 12.6 Å². The van der Waals surface area contributed by atoms with E-state index in [4.69, 9.17) is 5.73 Å². The molecule has 0 bridgehead atoms. The van der Waals surface area contributed by atoms with E-state index >= 15 is 0 Å². The van der Waals surface area contributed by atoms with Crippen LogP contribution in [0.1, 0.15) is 33.1 Å². The van der Waals surface area contributed by atoms with Crippen molar-refractivity contribution in [2.75, 3.05) is 13.1 Å². The normalized spacial score (nSPS) is 30.3. The van der Waals surface area contributed by atoms with Crippen molar-refractivity contribution in [3.63, 3.8) is 0 Å².